The summed E-state index contributed by atoms with van der Waals surface area (Å²) in [6.07, 6.45) is 6.47. The van der Waals surface area contributed by atoms with Crippen molar-refractivity contribution in [1.29, 1.82) is 0 Å². The summed E-state index contributed by atoms with van der Waals surface area (Å²) in [4.78, 5) is 13.6. The van der Waals surface area contributed by atoms with Crippen LogP contribution in [0.15, 0.2) is 73.2 Å². The maximum absolute atomic E-state index is 4.62. The molecule has 6 heteroatoms. The van der Waals surface area contributed by atoms with Crippen LogP contribution < -0.4 is 5.32 Å². The molecule has 0 amide bonds. The predicted octanol–water partition coefficient (Wildman–Crippen LogP) is 3.90. The third kappa shape index (κ3) is 4.00. The van der Waals surface area contributed by atoms with Crippen LogP contribution in [0.3, 0.4) is 0 Å². The monoisotopic (exact) mass is 356 g/mol. The van der Waals surface area contributed by atoms with Crippen LogP contribution in [0.4, 0.5) is 5.82 Å². The first-order valence-corrected chi connectivity index (χ1v) is 8.94. The van der Waals surface area contributed by atoms with Crippen LogP contribution >= 0.6 is 0 Å². The molecular formula is C21H20N6. The van der Waals surface area contributed by atoms with E-state index in [1.807, 2.05) is 71.7 Å². The number of benzene rings is 1. The van der Waals surface area contributed by atoms with Gasteiger partial charge >= 0.3 is 0 Å². The molecule has 0 spiro atoms. The Morgan fingerprint density at radius 3 is 2.63 bits per heavy atom. The number of aromatic nitrogens is 5. The lowest BCUT2D eigenvalue weighted by molar-refractivity contribution is 0.880. The van der Waals surface area contributed by atoms with Gasteiger partial charge in [-0.05, 0) is 30.7 Å². The Kier molecular flexibility index (Phi) is 4.87. The highest BCUT2D eigenvalue weighted by Gasteiger charge is 2.08. The molecule has 0 aliphatic carbocycles. The first kappa shape index (κ1) is 16.9. The number of hydrogen-bond donors (Lipinski definition) is 1. The molecule has 3 aromatic heterocycles. The van der Waals surface area contributed by atoms with Gasteiger partial charge in [-0.2, -0.15) is 5.10 Å². The predicted molar refractivity (Wildman–Crippen MR) is 106 cm³/mol. The van der Waals surface area contributed by atoms with Gasteiger partial charge in [-0.3, -0.25) is 4.98 Å². The van der Waals surface area contributed by atoms with Crippen LogP contribution in [-0.4, -0.2) is 24.7 Å². The van der Waals surface area contributed by atoms with Crippen molar-refractivity contribution in [3.8, 4) is 17.2 Å². The first-order valence-electron chi connectivity index (χ1n) is 8.94. The minimum atomic E-state index is 0.634. The van der Waals surface area contributed by atoms with Crippen molar-refractivity contribution in [3.63, 3.8) is 0 Å². The summed E-state index contributed by atoms with van der Waals surface area (Å²) in [6, 6.07) is 17.8. The van der Waals surface area contributed by atoms with Gasteiger partial charge in [0.15, 0.2) is 5.82 Å². The number of rotatable bonds is 6. The molecule has 3 heterocycles. The topological polar surface area (TPSA) is 68.5 Å². The van der Waals surface area contributed by atoms with Crippen LogP contribution in [-0.2, 0) is 13.0 Å². The molecule has 0 fully saturated rings. The Hall–Kier alpha value is -3.54. The molecule has 1 N–H and O–H groups in total. The van der Waals surface area contributed by atoms with E-state index in [4.69, 9.17) is 0 Å². The highest BCUT2D eigenvalue weighted by Crippen LogP contribution is 2.17. The average molecular weight is 356 g/mol. The van der Waals surface area contributed by atoms with E-state index in [9.17, 15) is 0 Å². The van der Waals surface area contributed by atoms with E-state index >= 15 is 0 Å². The van der Waals surface area contributed by atoms with E-state index in [0.29, 0.717) is 12.4 Å². The van der Waals surface area contributed by atoms with E-state index in [0.717, 1.165) is 34.9 Å². The van der Waals surface area contributed by atoms with Crippen molar-refractivity contribution >= 4 is 5.82 Å². The van der Waals surface area contributed by atoms with Crippen molar-refractivity contribution in [2.45, 2.75) is 19.9 Å². The second-order valence-electron chi connectivity index (χ2n) is 6.12. The van der Waals surface area contributed by atoms with Crippen molar-refractivity contribution in [2.75, 3.05) is 5.32 Å². The molecule has 4 aromatic rings. The van der Waals surface area contributed by atoms with Crippen LogP contribution in [0.25, 0.3) is 17.2 Å². The minimum Gasteiger partial charge on any atom is -0.366 e. The van der Waals surface area contributed by atoms with Crippen LogP contribution in [0.1, 0.15) is 18.2 Å². The molecule has 1 aromatic carbocycles. The summed E-state index contributed by atoms with van der Waals surface area (Å²) in [5, 5.41) is 7.81. The molecule has 0 bridgehead atoms. The second kappa shape index (κ2) is 7.78. The van der Waals surface area contributed by atoms with Gasteiger partial charge in [0, 0.05) is 36.3 Å². The molecule has 4 rings (SSSR count). The number of nitrogens with one attached hydrogen (secondary N) is 1. The smallest absolute Gasteiger partial charge is 0.180 e. The molecule has 0 saturated heterocycles. The van der Waals surface area contributed by atoms with E-state index in [1.54, 1.807) is 6.20 Å². The third-order valence-electron chi connectivity index (χ3n) is 4.17. The molecule has 0 atom stereocenters. The maximum atomic E-state index is 4.62. The lowest BCUT2D eigenvalue weighted by atomic mass is 10.2. The number of nitrogens with zero attached hydrogens (tertiary/aromatic N) is 5. The molecular weight excluding hydrogens is 336 g/mol. The molecule has 0 radical (unpaired) electrons. The first-order chi connectivity index (χ1) is 13.3. The standard InChI is InChI=1S/C21H20N6/c1-2-17-12-20(26-21(25-17)19-10-6-7-11-22-19)23-13-16-14-24-27(15-16)18-8-4-3-5-9-18/h3-12,14-15H,2,13H2,1H3,(H,23,25,26). The number of aryl methyl sites for hydroxylation is 1. The fourth-order valence-electron chi connectivity index (χ4n) is 2.74. The molecule has 0 aliphatic heterocycles. The highest BCUT2D eigenvalue weighted by molar-refractivity contribution is 5.53. The second-order valence-corrected chi connectivity index (χ2v) is 6.12. The van der Waals surface area contributed by atoms with Gasteiger partial charge < -0.3 is 5.32 Å². The Bertz CT molecular complexity index is 1010. The van der Waals surface area contributed by atoms with Crippen molar-refractivity contribution < 1.29 is 0 Å². The fraction of sp³-hybridized carbons (Fsp3) is 0.143. The van der Waals surface area contributed by atoms with Crippen LogP contribution in [0.5, 0.6) is 0 Å². The molecule has 0 unspecified atom stereocenters. The zero-order valence-corrected chi connectivity index (χ0v) is 15.1. The van der Waals surface area contributed by atoms with E-state index in [1.165, 1.54) is 0 Å². The summed E-state index contributed by atoms with van der Waals surface area (Å²) in [7, 11) is 0. The van der Waals surface area contributed by atoms with E-state index < -0.39 is 0 Å². The summed E-state index contributed by atoms with van der Waals surface area (Å²) in [6.45, 7) is 2.72. The number of hydrogen-bond acceptors (Lipinski definition) is 5. The maximum Gasteiger partial charge on any atom is 0.180 e. The summed E-state index contributed by atoms with van der Waals surface area (Å²) in [5.74, 6) is 1.42. The Morgan fingerprint density at radius 1 is 1.00 bits per heavy atom. The van der Waals surface area contributed by atoms with Gasteiger partial charge in [0.05, 0.1) is 11.9 Å². The van der Waals surface area contributed by atoms with E-state index in [-0.39, 0.29) is 0 Å². The molecule has 6 nitrogen and oxygen atoms in total. The molecule has 27 heavy (non-hydrogen) atoms. The van der Waals surface area contributed by atoms with Crippen LogP contribution in [0.2, 0.25) is 0 Å². The third-order valence-corrected chi connectivity index (χ3v) is 4.17. The zero-order chi connectivity index (χ0) is 18.5. The SMILES string of the molecule is CCc1cc(NCc2cnn(-c3ccccc3)c2)nc(-c2ccccn2)n1. The number of anilines is 1. The molecule has 0 aliphatic rings. The quantitative estimate of drug-likeness (QED) is 0.567. The van der Waals surface area contributed by atoms with Gasteiger partial charge in [-0.1, -0.05) is 31.2 Å². The Morgan fingerprint density at radius 2 is 1.85 bits per heavy atom. The normalized spacial score (nSPS) is 10.7. The van der Waals surface area contributed by atoms with Gasteiger partial charge in [-0.15, -0.1) is 0 Å². The minimum absolute atomic E-state index is 0.634. The zero-order valence-electron chi connectivity index (χ0n) is 15.1. The van der Waals surface area contributed by atoms with Crippen LogP contribution in [0, 0.1) is 0 Å². The Labute approximate surface area is 158 Å². The van der Waals surface area contributed by atoms with E-state index in [2.05, 4.69) is 32.3 Å². The van der Waals surface area contributed by atoms with Crippen molar-refractivity contribution in [2.24, 2.45) is 0 Å². The largest absolute Gasteiger partial charge is 0.366 e. The van der Waals surface area contributed by atoms with Gasteiger partial charge in [0.25, 0.3) is 0 Å². The number of pyridine rings is 1. The van der Waals surface area contributed by atoms with Gasteiger partial charge in [0.1, 0.15) is 11.5 Å². The van der Waals surface area contributed by atoms with Crippen molar-refractivity contribution in [3.05, 3.63) is 84.4 Å². The number of para-hydroxylation sites is 1. The lowest BCUT2D eigenvalue weighted by Gasteiger charge is -2.08. The summed E-state index contributed by atoms with van der Waals surface area (Å²) < 4.78 is 1.87. The molecule has 0 saturated carbocycles. The van der Waals surface area contributed by atoms with Crippen molar-refractivity contribution in [1.82, 2.24) is 24.7 Å². The fourth-order valence-corrected chi connectivity index (χ4v) is 2.74. The average Bonchev–Trinajstić information content (AvgIpc) is 3.22. The lowest BCUT2D eigenvalue weighted by Crippen LogP contribution is -2.05. The van der Waals surface area contributed by atoms with Gasteiger partial charge in [0.2, 0.25) is 0 Å². The summed E-state index contributed by atoms with van der Waals surface area (Å²) >= 11 is 0. The Balaban J connectivity index is 1.52. The molecule has 134 valence electrons. The highest BCUT2D eigenvalue weighted by atomic mass is 15.3. The van der Waals surface area contributed by atoms with Gasteiger partial charge in [-0.25, -0.2) is 14.6 Å². The summed E-state index contributed by atoms with van der Waals surface area (Å²) in [5.41, 5.74) is 3.87.